The summed E-state index contributed by atoms with van der Waals surface area (Å²) in [5.41, 5.74) is 0. The van der Waals surface area contributed by atoms with E-state index in [2.05, 4.69) is 13.2 Å². The van der Waals surface area contributed by atoms with Crippen molar-refractivity contribution < 1.29 is 29.3 Å². The summed E-state index contributed by atoms with van der Waals surface area (Å²) >= 11 is 4.75. The number of hydrogen-bond acceptors (Lipinski definition) is 0. The Kier molecular flexibility index (Phi) is 156. The van der Waals surface area contributed by atoms with Crippen LogP contribution in [0.2, 0.25) is 0 Å². The maximum absolute atomic E-state index is 2.94. The van der Waals surface area contributed by atoms with Crippen LogP contribution in [0.5, 0.6) is 0 Å². The van der Waals surface area contributed by atoms with Crippen LogP contribution in [-0.4, -0.2) is 0 Å². The predicted octanol–water partition coefficient (Wildman–Crippen LogP) is 0.606. The van der Waals surface area contributed by atoms with Crippen LogP contribution in [0.25, 0.3) is 0 Å². The van der Waals surface area contributed by atoms with Gasteiger partial charge in [-0.25, -0.2) is 0 Å². The second-order valence-electron chi connectivity index (χ2n) is 0. The van der Waals surface area contributed by atoms with E-state index in [4.69, 9.17) is 0 Å². The monoisotopic (exact) mass is 159 g/mol. The Hall–Kier alpha value is 1.11. The van der Waals surface area contributed by atoms with E-state index < -0.39 is 0 Å². The van der Waals surface area contributed by atoms with Gasteiger partial charge in [-0.3, -0.25) is 0 Å². The molecule has 0 aromatic heterocycles. The Morgan fingerprint density at radius 3 is 1.00 bits per heavy atom. The van der Waals surface area contributed by atoms with Gasteiger partial charge in [0, 0.05) is 0 Å². The first-order valence-corrected chi connectivity index (χ1v) is 4.05. The van der Waals surface area contributed by atoms with E-state index in [0.29, 0.717) is 0 Å². The number of rotatable bonds is 0. The average Bonchev–Trinajstić information content (AvgIpc) is 1.00. The van der Waals surface area contributed by atoms with E-state index in [1.54, 1.807) is 0 Å². The molecule has 0 atom stereocenters. The van der Waals surface area contributed by atoms with Crippen LogP contribution in [0, 0.1) is 0 Å². The van der Waals surface area contributed by atoms with Crippen LogP contribution in [0.3, 0.4) is 0 Å². The molecule has 0 aromatic carbocycles. The van der Waals surface area contributed by atoms with Gasteiger partial charge in [-0.1, -0.05) is 0 Å². The molecule has 0 saturated carbocycles. The maximum atomic E-state index is 2.94. The van der Waals surface area contributed by atoms with Crippen molar-refractivity contribution in [3.63, 3.8) is 0 Å². The van der Waals surface area contributed by atoms with E-state index >= 15 is 0 Å². The Bertz CT molecular complexity index is 6.00. The third-order valence-corrected chi connectivity index (χ3v) is 0. The molecule has 4 heteroatoms. The fourth-order valence-corrected chi connectivity index (χ4v) is 0. The van der Waals surface area contributed by atoms with Gasteiger partial charge in [0.25, 0.3) is 0 Å². The summed E-state index contributed by atoms with van der Waals surface area (Å²) in [7, 11) is 0. The Morgan fingerprint density at radius 2 is 1.00 bits per heavy atom. The van der Waals surface area contributed by atoms with Crippen molar-refractivity contribution in [3.8, 4) is 0 Å². The van der Waals surface area contributed by atoms with Crippen LogP contribution in [0.1, 0.15) is 0 Å². The van der Waals surface area contributed by atoms with Crippen LogP contribution < -0.4 is 0 Å². The van der Waals surface area contributed by atoms with Crippen molar-refractivity contribution in [2.75, 3.05) is 0 Å². The zero-order chi connectivity index (χ0) is 2.00. The molecular formula is BrO2Ti. The zero-order valence-electron chi connectivity index (χ0n) is 1.69. The third kappa shape index (κ3) is 11.2. The predicted molar refractivity (Wildman–Crippen MR) is 10.3 cm³/mol. The molecule has 0 bridgehead atoms. The van der Waals surface area contributed by atoms with Crippen molar-refractivity contribution in [1.29, 1.82) is 0 Å². The van der Waals surface area contributed by atoms with Gasteiger partial charge >= 0.3 is 31.5 Å². The van der Waals surface area contributed by atoms with Crippen LogP contribution in [-0.2, 0) is 29.3 Å². The van der Waals surface area contributed by atoms with Gasteiger partial charge in [-0.05, 0) is 0 Å². The SMILES string of the molecule is [O-2].[O-2].[Ti+4][Br]. The molecule has 0 aromatic rings. The van der Waals surface area contributed by atoms with Crippen molar-refractivity contribution in [3.05, 3.63) is 0 Å². The fourth-order valence-electron chi connectivity index (χ4n) is 0. The third-order valence-electron chi connectivity index (χ3n) is 0. The van der Waals surface area contributed by atoms with Crippen molar-refractivity contribution >= 4 is 13.2 Å². The standard InChI is InChI=1S/BrH.2O.Ti/h1H;;;/q;2*-2;+5/p-1. The summed E-state index contributed by atoms with van der Waals surface area (Å²) in [4.78, 5) is 0. The van der Waals surface area contributed by atoms with Gasteiger partial charge in [0.1, 0.15) is 0 Å². The van der Waals surface area contributed by atoms with Gasteiger partial charge < -0.3 is 11.0 Å². The molecule has 0 N–H and O–H groups in total. The second-order valence-corrected chi connectivity index (χ2v) is 0. The Labute approximate surface area is 42.7 Å². The average molecular weight is 160 g/mol. The number of halogens is 1. The van der Waals surface area contributed by atoms with Gasteiger partial charge in [0.2, 0.25) is 0 Å². The normalized spacial score (nSPS) is 1.75. The molecular weight excluding hydrogens is 160 g/mol. The fraction of sp³-hybridized carbons (Fsp3) is 0. The molecule has 0 aliphatic heterocycles. The molecule has 0 unspecified atom stereocenters. The van der Waals surface area contributed by atoms with Crippen molar-refractivity contribution in [1.82, 2.24) is 0 Å². The summed E-state index contributed by atoms with van der Waals surface area (Å²) < 4.78 is 0. The first-order chi connectivity index (χ1) is 1.00. The quantitative estimate of drug-likeness (QED) is 0.465. The van der Waals surface area contributed by atoms with E-state index in [0.717, 1.165) is 0 Å². The Morgan fingerprint density at radius 1 is 1.00 bits per heavy atom. The molecule has 0 saturated heterocycles. The van der Waals surface area contributed by atoms with E-state index in [-0.39, 0.29) is 11.0 Å². The van der Waals surface area contributed by atoms with Crippen LogP contribution in [0.4, 0.5) is 0 Å². The van der Waals surface area contributed by atoms with Crippen molar-refractivity contribution in [2.24, 2.45) is 0 Å². The first kappa shape index (κ1) is 19.4. The zero-order valence-corrected chi connectivity index (χ0v) is 4.84. The van der Waals surface area contributed by atoms with Gasteiger partial charge in [0.15, 0.2) is 0 Å². The molecule has 0 aliphatic carbocycles. The van der Waals surface area contributed by atoms with E-state index in [1.165, 1.54) is 0 Å². The van der Waals surface area contributed by atoms with Gasteiger partial charge in [-0.2, -0.15) is 0 Å². The summed E-state index contributed by atoms with van der Waals surface area (Å²) in [6.07, 6.45) is 0. The van der Waals surface area contributed by atoms with Crippen LogP contribution >= 0.6 is 13.2 Å². The molecule has 0 aliphatic rings. The molecule has 0 fully saturated rings. The van der Waals surface area contributed by atoms with Crippen molar-refractivity contribution in [2.45, 2.75) is 0 Å². The first-order valence-electron chi connectivity index (χ1n) is 0.189. The Balaban J connectivity index is -0.00000000500. The molecule has 0 rings (SSSR count). The van der Waals surface area contributed by atoms with E-state index in [9.17, 15) is 0 Å². The second kappa shape index (κ2) is 32.1. The molecule has 0 spiro atoms. The van der Waals surface area contributed by atoms with Gasteiger partial charge in [-0.15, -0.1) is 0 Å². The minimum absolute atomic E-state index is 0. The molecule has 0 radical (unpaired) electrons. The summed E-state index contributed by atoms with van der Waals surface area (Å²) in [5.74, 6) is 0. The molecule has 2 nitrogen and oxygen atoms in total. The molecule has 23 valence electrons. The number of hydrogen-bond donors (Lipinski definition) is 0. The van der Waals surface area contributed by atoms with E-state index in [1.807, 2.05) is 18.3 Å². The summed E-state index contributed by atoms with van der Waals surface area (Å²) in [6, 6.07) is 0. The minimum atomic E-state index is 0. The topological polar surface area (TPSA) is 57.0 Å². The molecule has 4 heavy (non-hydrogen) atoms. The molecule has 0 amide bonds. The molecule has 0 heterocycles. The van der Waals surface area contributed by atoms with Gasteiger partial charge in [0.05, 0.1) is 0 Å². The summed E-state index contributed by atoms with van der Waals surface area (Å²) in [6.45, 7) is 0. The van der Waals surface area contributed by atoms with Crippen LogP contribution in [0.15, 0.2) is 0 Å². The summed E-state index contributed by atoms with van der Waals surface area (Å²) in [5, 5.41) is 0.